The Morgan fingerprint density at radius 1 is 0.574 bits per heavy atom. The number of esters is 2. The van der Waals surface area contributed by atoms with Gasteiger partial charge in [0.25, 0.3) is 0 Å². The Hall–Kier alpha value is -0.990. The summed E-state index contributed by atoms with van der Waals surface area (Å²) in [5.74, 6) is -0.793. The number of phosphoric acid groups is 1. The monoisotopic (exact) mass is 693 g/mol. The molecule has 0 radical (unpaired) electrons. The lowest BCUT2D eigenvalue weighted by Gasteiger charge is -2.24. The fourth-order valence-electron chi connectivity index (χ4n) is 5.31. The number of phosphoric ester groups is 1. The van der Waals surface area contributed by atoms with Gasteiger partial charge >= 0.3 is 19.8 Å². The molecule has 0 aliphatic rings. The van der Waals surface area contributed by atoms with Crippen LogP contribution in [0, 0.1) is 0 Å². The van der Waals surface area contributed by atoms with E-state index in [0.29, 0.717) is 23.9 Å². The second kappa shape index (κ2) is 31.0. The van der Waals surface area contributed by atoms with Crippen LogP contribution in [0.25, 0.3) is 0 Å². The minimum atomic E-state index is -4.35. The first-order valence-corrected chi connectivity index (χ1v) is 20.8. The van der Waals surface area contributed by atoms with E-state index in [-0.39, 0.29) is 25.6 Å². The predicted molar refractivity (Wildman–Crippen MR) is 192 cm³/mol. The number of ether oxygens (including phenoxy) is 2. The van der Waals surface area contributed by atoms with E-state index in [9.17, 15) is 19.0 Å². The fraction of sp³-hybridized carbons (Fsp3) is 0.946. The Morgan fingerprint density at radius 3 is 1.36 bits per heavy atom. The average Bonchev–Trinajstić information content (AvgIpc) is 3.01. The lowest BCUT2D eigenvalue weighted by atomic mass is 10.0. The van der Waals surface area contributed by atoms with E-state index in [1.165, 1.54) is 109 Å². The number of rotatable bonds is 35. The van der Waals surface area contributed by atoms with Crippen molar-refractivity contribution in [2.45, 2.75) is 180 Å². The third kappa shape index (κ3) is 34.7. The van der Waals surface area contributed by atoms with Gasteiger partial charge in [-0.1, -0.05) is 149 Å². The van der Waals surface area contributed by atoms with Crippen LogP contribution < -0.4 is 0 Å². The number of quaternary nitrogens is 1. The summed E-state index contributed by atoms with van der Waals surface area (Å²) in [6, 6.07) is 0. The molecular formula is C37H75NO8P+. The highest BCUT2D eigenvalue weighted by Crippen LogP contribution is 2.43. The van der Waals surface area contributed by atoms with Gasteiger partial charge in [0, 0.05) is 12.8 Å². The standard InChI is InChI=1S/C37H74NO8P/c1-6-8-10-12-14-16-17-18-19-20-22-23-25-27-29-36(39)43-33-35(34-45-47(41,42)44-32-31-38(3,4)5)46-37(40)30-28-26-24-21-15-13-11-9-7-2/h35H,6-34H2,1-5H3/p+1/t35-/m0/s1. The summed E-state index contributed by atoms with van der Waals surface area (Å²) in [6.45, 7) is 4.40. The number of nitrogens with zero attached hydrogens (tertiary/aromatic N) is 1. The van der Waals surface area contributed by atoms with Gasteiger partial charge in [-0.05, 0) is 12.8 Å². The molecule has 0 rings (SSSR count). The molecule has 0 fully saturated rings. The van der Waals surface area contributed by atoms with Gasteiger partial charge in [0.05, 0.1) is 27.7 Å². The van der Waals surface area contributed by atoms with E-state index in [4.69, 9.17) is 18.5 Å². The summed E-state index contributed by atoms with van der Waals surface area (Å²) >= 11 is 0. The summed E-state index contributed by atoms with van der Waals surface area (Å²) < 4.78 is 34.1. The summed E-state index contributed by atoms with van der Waals surface area (Å²) in [5.41, 5.74) is 0. The molecule has 47 heavy (non-hydrogen) atoms. The topological polar surface area (TPSA) is 108 Å². The van der Waals surface area contributed by atoms with E-state index < -0.39 is 26.5 Å². The Labute approximate surface area is 289 Å². The molecule has 0 amide bonds. The van der Waals surface area contributed by atoms with Gasteiger partial charge in [-0.2, -0.15) is 0 Å². The van der Waals surface area contributed by atoms with Crippen molar-refractivity contribution in [3.63, 3.8) is 0 Å². The third-order valence-corrected chi connectivity index (χ3v) is 9.37. The second-order valence-corrected chi connectivity index (χ2v) is 15.8. The number of hydrogen-bond acceptors (Lipinski definition) is 7. The van der Waals surface area contributed by atoms with E-state index in [2.05, 4.69) is 13.8 Å². The van der Waals surface area contributed by atoms with Gasteiger partial charge in [0.15, 0.2) is 6.10 Å². The van der Waals surface area contributed by atoms with Gasteiger partial charge in [-0.3, -0.25) is 18.6 Å². The molecule has 0 saturated carbocycles. The maximum Gasteiger partial charge on any atom is 0.472 e. The zero-order valence-electron chi connectivity index (χ0n) is 31.3. The van der Waals surface area contributed by atoms with Crippen molar-refractivity contribution in [2.24, 2.45) is 0 Å². The molecule has 280 valence electrons. The third-order valence-electron chi connectivity index (χ3n) is 8.39. The minimum Gasteiger partial charge on any atom is -0.462 e. The number of hydrogen-bond donors (Lipinski definition) is 1. The molecule has 0 aromatic rings. The molecule has 0 saturated heterocycles. The van der Waals surface area contributed by atoms with Gasteiger partial charge < -0.3 is 18.9 Å². The van der Waals surface area contributed by atoms with Crippen LogP contribution in [-0.2, 0) is 32.7 Å². The molecule has 10 heteroatoms. The molecule has 0 spiro atoms. The molecule has 0 aromatic carbocycles. The molecule has 0 heterocycles. The van der Waals surface area contributed by atoms with Gasteiger partial charge in [-0.15, -0.1) is 0 Å². The average molecular weight is 693 g/mol. The lowest BCUT2D eigenvalue weighted by molar-refractivity contribution is -0.870. The van der Waals surface area contributed by atoms with Crippen LogP contribution in [0.5, 0.6) is 0 Å². The van der Waals surface area contributed by atoms with E-state index in [0.717, 1.165) is 32.1 Å². The van der Waals surface area contributed by atoms with Crippen LogP contribution in [0.2, 0.25) is 0 Å². The summed E-state index contributed by atoms with van der Waals surface area (Å²) in [5, 5.41) is 0. The van der Waals surface area contributed by atoms with E-state index >= 15 is 0 Å². The molecule has 0 bridgehead atoms. The molecular weight excluding hydrogens is 617 g/mol. The van der Waals surface area contributed by atoms with Crippen LogP contribution >= 0.6 is 7.82 Å². The lowest BCUT2D eigenvalue weighted by Crippen LogP contribution is -2.37. The Kier molecular flexibility index (Phi) is 30.4. The van der Waals surface area contributed by atoms with Crippen molar-refractivity contribution < 1.29 is 42.1 Å². The zero-order chi connectivity index (χ0) is 35.1. The number of unbranched alkanes of at least 4 members (excludes halogenated alkanes) is 21. The van der Waals surface area contributed by atoms with Gasteiger partial charge in [0.1, 0.15) is 19.8 Å². The first kappa shape index (κ1) is 46.0. The first-order valence-electron chi connectivity index (χ1n) is 19.3. The first-order chi connectivity index (χ1) is 22.5. The molecule has 1 N–H and O–H groups in total. The van der Waals surface area contributed by atoms with Crippen LogP contribution in [0.15, 0.2) is 0 Å². The highest BCUT2D eigenvalue weighted by atomic mass is 31.2. The van der Waals surface area contributed by atoms with Crippen LogP contribution in [-0.4, -0.2) is 74.9 Å². The Morgan fingerprint density at radius 2 is 0.957 bits per heavy atom. The van der Waals surface area contributed by atoms with Crippen molar-refractivity contribution in [3.05, 3.63) is 0 Å². The van der Waals surface area contributed by atoms with Crippen LogP contribution in [0.3, 0.4) is 0 Å². The zero-order valence-corrected chi connectivity index (χ0v) is 32.2. The quantitative estimate of drug-likeness (QED) is 0.0303. The molecule has 0 aromatic heterocycles. The molecule has 0 aliphatic carbocycles. The summed E-state index contributed by atoms with van der Waals surface area (Å²) in [6.07, 6.45) is 27.2. The van der Waals surface area contributed by atoms with E-state index in [1.54, 1.807) is 0 Å². The van der Waals surface area contributed by atoms with Crippen LogP contribution in [0.1, 0.15) is 174 Å². The Bertz CT molecular complexity index is 789. The van der Waals surface area contributed by atoms with E-state index in [1.807, 2.05) is 21.1 Å². The van der Waals surface area contributed by atoms with Crippen molar-refractivity contribution in [1.29, 1.82) is 0 Å². The largest absolute Gasteiger partial charge is 0.472 e. The van der Waals surface area contributed by atoms with Crippen LogP contribution in [0.4, 0.5) is 0 Å². The minimum absolute atomic E-state index is 0.0362. The Balaban J connectivity index is 4.37. The SMILES string of the molecule is CCCCCCCCCCCCCCCCC(=O)OC[C@@H](COP(=O)(O)OCC[N+](C)(C)C)OC(=O)CCCCCCCCCCC. The molecule has 0 aliphatic heterocycles. The summed E-state index contributed by atoms with van der Waals surface area (Å²) in [4.78, 5) is 35.1. The number of carbonyl (C=O) groups is 2. The number of likely N-dealkylation sites (N-methyl/N-ethyl adjacent to an activating group) is 1. The van der Waals surface area contributed by atoms with Crippen molar-refractivity contribution in [3.8, 4) is 0 Å². The highest BCUT2D eigenvalue weighted by Gasteiger charge is 2.27. The van der Waals surface area contributed by atoms with Crippen molar-refractivity contribution in [2.75, 3.05) is 47.5 Å². The van der Waals surface area contributed by atoms with Crippen molar-refractivity contribution in [1.82, 2.24) is 0 Å². The van der Waals surface area contributed by atoms with Gasteiger partial charge in [0.2, 0.25) is 0 Å². The highest BCUT2D eigenvalue weighted by molar-refractivity contribution is 7.47. The maximum atomic E-state index is 12.5. The molecule has 2 atom stereocenters. The van der Waals surface area contributed by atoms with Gasteiger partial charge in [-0.25, -0.2) is 4.57 Å². The second-order valence-electron chi connectivity index (χ2n) is 14.3. The molecule has 9 nitrogen and oxygen atoms in total. The summed E-state index contributed by atoms with van der Waals surface area (Å²) in [7, 11) is 1.49. The molecule has 1 unspecified atom stereocenters. The fourth-order valence-corrected chi connectivity index (χ4v) is 6.05. The number of carbonyl (C=O) groups excluding carboxylic acids is 2. The maximum absolute atomic E-state index is 12.5. The predicted octanol–water partition coefficient (Wildman–Crippen LogP) is 10.1. The normalized spacial score (nSPS) is 13.7. The smallest absolute Gasteiger partial charge is 0.462 e. The van der Waals surface area contributed by atoms with Crippen molar-refractivity contribution >= 4 is 19.8 Å².